The van der Waals surface area contributed by atoms with Crippen LogP contribution in [0.5, 0.6) is 0 Å². The van der Waals surface area contributed by atoms with E-state index in [1.165, 1.54) is 19.0 Å². The molecule has 5 heteroatoms. The van der Waals surface area contributed by atoms with Crippen LogP contribution in [0.2, 0.25) is 0 Å². The second kappa shape index (κ2) is 13.4. The Balaban J connectivity index is 0.000000742. The second-order valence-corrected chi connectivity index (χ2v) is 6.45. The normalized spacial score (nSPS) is 8.53. The molecule has 0 spiro atoms. The van der Waals surface area contributed by atoms with Crippen molar-refractivity contribution in [2.45, 2.75) is 0 Å². The van der Waals surface area contributed by atoms with Gasteiger partial charge in [0.05, 0.1) is 0 Å². The molecule has 0 aliphatic rings. The van der Waals surface area contributed by atoms with Crippen LogP contribution in [0.1, 0.15) is 11.1 Å². The van der Waals surface area contributed by atoms with Crippen LogP contribution in [0, 0.1) is 0 Å². The zero-order chi connectivity index (χ0) is 13.1. The fraction of sp³-hybridized carbons (Fsp3) is 0. The van der Waals surface area contributed by atoms with E-state index in [9.17, 15) is 0 Å². The number of benzene rings is 2. The van der Waals surface area contributed by atoms with Crippen molar-refractivity contribution in [2.75, 3.05) is 0 Å². The fourth-order valence-corrected chi connectivity index (χ4v) is 2.05. The monoisotopic (exact) mass is 443 g/mol. The molecule has 0 heterocycles. The van der Waals surface area contributed by atoms with Gasteiger partial charge >= 0.3 is 126 Å². The first-order valence-electron chi connectivity index (χ1n) is 5.15. The van der Waals surface area contributed by atoms with Crippen molar-refractivity contribution in [3.05, 3.63) is 71.8 Å². The average molecular weight is 444 g/mol. The van der Waals surface area contributed by atoms with E-state index < -0.39 is 0 Å². The topological polar surface area (TPSA) is 0 Å². The first-order chi connectivity index (χ1) is 8.86. The van der Waals surface area contributed by atoms with Gasteiger partial charge in [-0.2, -0.15) is 0 Å². The van der Waals surface area contributed by atoms with Gasteiger partial charge in [0.2, 0.25) is 0 Å². The Hall–Kier alpha value is 0.372. The summed E-state index contributed by atoms with van der Waals surface area (Å²) in [6.07, 6.45) is 0. The molecule has 2 rings (SSSR count). The van der Waals surface area contributed by atoms with E-state index in [0.717, 1.165) is 0 Å². The summed E-state index contributed by atoms with van der Waals surface area (Å²) < 4.78 is 0. The molecule has 2 aromatic rings. The molecule has 0 aliphatic heterocycles. The van der Waals surface area contributed by atoms with Gasteiger partial charge in [0, 0.05) is 17.1 Å². The molecule has 0 unspecified atom stereocenters. The summed E-state index contributed by atoms with van der Waals surface area (Å²) in [6.45, 7) is 0. The quantitative estimate of drug-likeness (QED) is 0.452. The van der Waals surface area contributed by atoms with Gasteiger partial charge in [0.15, 0.2) is 0 Å². The molecule has 2 aromatic carbocycles. The maximum absolute atomic E-state index is 4.81. The minimum absolute atomic E-state index is 0. The first-order valence-corrected chi connectivity index (χ1v) is 10.2. The molecule has 0 amide bonds. The van der Waals surface area contributed by atoms with Gasteiger partial charge in [-0.1, -0.05) is 0 Å². The Labute approximate surface area is 142 Å². The van der Waals surface area contributed by atoms with Crippen molar-refractivity contribution in [3.63, 3.8) is 0 Å². The van der Waals surface area contributed by atoms with Gasteiger partial charge < -0.3 is 0 Å². The second-order valence-electron chi connectivity index (χ2n) is 3.27. The third kappa shape index (κ3) is 9.84. The van der Waals surface area contributed by atoms with Gasteiger partial charge in [0.1, 0.15) is 0 Å². The summed E-state index contributed by atoms with van der Waals surface area (Å²) in [6, 6.07) is 20.8. The van der Waals surface area contributed by atoms with Crippen molar-refractivity contribution in [1.29, 1.82) is 0 Å². The zero-order valence-electron chi connectivity index (χ0n) is 9.80. The molecule has 0 fully saturated rings. The molecule has 0 aromatic heterocycles. The third-order valence-electron chi connectivity index (χ3n) is 2.05. The molecule has 104 valence electrons. The minimum atomic E-state index is -0.106. The van der Waals surface area contributed by atoms with Crippen molar-refractivity contribution in [1.82, 2.24) is 0 Å². The van der Waals surface area contributed by atoms with Crippen molar-refractivity contribution >= 4 is 38.5 Å². The van der Waals surface area contributed by atoms with Crippen LogP contribution in [0.25, 0.3) is 0 Å². The van der Waals surface area contributed by atoms with E-state index in [1.54, 1.807) is 0 Å². The van der Waals surface area contributed by atoms with E-state index in [0.29, 0.717) is 0 Å². The largest absolute Gasteiger partial charge is 0 e. The molecule has 0 nitrogen and oxygen atoms in total. The van der Waals surface area contributed by atoms with Gasteiger partial charge in [-0.05, 0) is 0 Å². The maximum Gasteiger partial charge on any atom is 0 e. The fourth-order valence-electron chi connectivity index (χ4n) is 1.29. The van der Waals surface area contributed by atoms with E-state index in [2.05, 4.69) is 60.1 Å². The first kappa shape index (κ1) is 19.4. The van der Waals surface area contributed by atoms with Crippen LogP contribution in [-0.2, 0) is 33.0 Å². The molecule has 0 aliphatic carbocycles. The van der Waals surface area contributed by atoms with Crippen LogP contribution >= 0.6 is 26.9 Å². The van der Waals surface area contributed by atoms with E-state index in [1.807, 2.05) is 12.1 Å². The predicted molar refractivity (Wildman–Crippen MR) is 81.8 cm³/mol. The summed E-state index contributed by atoms with van der Waals surface area (Å²) in [5.74, 6) is 4.40. The van der Waals surface area contributed by atoms with Crippen LogP contribution in [-0.4, -0.2) is 11.6 Å². The van der Waals surface area contributed by atoms with Crippen LogP contribution in [0.4, 0.5) is 0 Å². The Kier molecular flexibility index (Phi) is 13.6. The summed E-state index contributed by atoms with van der Waals surface area (Å²) in [5.41, 5.74) is 2.54. The van der Waals surface area contributed by atoms with Crippen molar-refractivity contribution < 1.29 is 33.0 Å². The standard InChI is InChI=1S/C14H12P.2ClH.Fe.Pd/c1-3-7-13(8-4-1)11-15-12-14-9-5-2-6-10-14;;;;/h1-12H;2*1H;;/q+1;;;;+2/p-2. The summed E-state index contributed by atoms with van der Waals surface area (Å²) >= 11 is -0.106. The molecular formula is C14H12Cl2FePPd+. The Morgan fingerprint density at radius 1 is 0.737 bits per heavy atom. The smallest absolute Gasteiger partial charge is 0 e. The molecule has 0 atom stereocenters. The predicted octanol–water partition coefficient (Wildman–Crippen LogP) is 5.01. The van der Waals surface area contributed by atoms with Crippen LogP contribution in [0.3, 0.4) is 0 Å². The van der Waals surface area contributed by atoms with Gasteiger partial charge in [-0.25, -0.2) is 0 Å². The Morgan fingerprint density at radius 3 is 1.37 bits per heavy atom. The molecule has 0 saturated heterocycles. The van der Waals surface area contributed by atoms with Crippen molar-refractivity contribution in [2.24, 2.45) is 0 Å². The number of rotatable bonds is 2. The number of hydrogen-bond acceptors (Lipinski definition) is 0. The molecule has 0 N–H and O–H groups in total. The van der Waals surface area contributed by atoms with E-state index >= 15 is 0 Å². The van der Waals surface area contributed by atoms with Gasteiger partial charge in [0.25, 0.3) is 0 Å². The number of halogens is 2. The van der Waals surface area contributed by atoms with E-state index in [-0.39, 0.29) is 33.0 Å². The SMILES string of the molecule is C(=[P+]=Cc1ccccc1)c1ccccc1.[Cl][Pd][Cl].[Fe]. The average Bonchev–Trinajstić information content (AvgIpc) is 2.42. The van der Waals surface area contributed by atoms with Gasteiger partial charge in [-0.15, -0.1) is 0 Å². The third-order valence-corrected chi connectivity index (χ3v) is 2.94. The molecular weight excluding hydrogens is 432 g/mol. The van der Waals surface area contributed by atoms with Gasteiger partial charge in [-0.3, -0.25) is 0 Å². The summed E-state index contributed by atoms with van der Waals surface area (Å²) in [4.78, 5) is 0. The summed E-state index contributed by atoms with van der Waals surface area (Å²) in [5, 5.41) is 0. The molecule has 0 saturated carbocycles. The number of hydrogen-bond donors (Lipinski definition) is 0. The van der Waals surface area contributed by atoms with Crippen LogP contribution < -0.4 is 0 Å². The summed E-state index contributed by atoms with van der Waals surface area (Å²) in [7, 11) is 10.9. The van der Waals surface area contributed by atoms with Crippen molar-refractivity contribution in [3.8, 4) is 0 Å². The minimum Gasteiger partial charge on any atom is 0 e. The Bertz CT molecular complexity index is 456. The van der Waals surface area contributed by atoms with Crippen LogP contribution in [0.15, 0.2) is 60.7 Å². The maximum atomic E-state index is 4.81. The molecule has 0 bridgehead atoms. The zero-order valence-corrected chi connectivity index (χ0v) is 14.9. The van der Waals surface area contributed by atoms with E-state index in [4.69, 9.17) is 19.1 Å². The Morgan fingerprint density at radius 2 is 1.05 bits per heavy atom. The molecule has 0 radical (unpaired) electrons. The molecule has 19 heavy (non-hydrogen) atoms.